The summed E-state index contributed by atoms with van der Waals surface area (Å²) in [5.74, 6) is -3.03. The molecule has 0 fully saturated rings. The zero-order valence-electron chi connectivity index (χ0n) is 20.7. The molecule has 0 bridgehead atoms. The van der Waals surface area contributed by atoms with Crippen LogP contribution in [0.3, 0.4) is 0 Å². The number of aldehydes is 1. The third kappa shape index (κ3) is 11.1. The standard InChI is InChI=1S/C25H38N4O6/c1-4-5-11-20(28-23(33)19(26)12-13-21(31)32)24(34)29-22(16(2)3)25(35)27-18(15-30)14-17-9-7-6-8-10-17/h6-10,15-16,18-20,22H,4-5,11-14,26H2,1-3H3,(H,27,35)(H,28,33)(H,29,34)(H,31,32)/t18-,19-,20-,22-/m0/s1. The summed E-state index contributed by atoms with van der Waals surface area (Å²) in [5, 5.41) is 16.8. The minimum atomic E-state index is -1.07. The van der Waals surface area contributed by atoms with E-state index in [0.717, 1.165) is 12.0 Å². The summed E-state index contributed by atoms with van der Waals surface area (Å²) < 4.78 is 0. The third-order valence-electron chi connectivity index (χ3n) is 5.52. The van der Waals surface area contributed by atoms with Gasteiger partial charge in [0.05, 0.1) is 12.1 Å². The Hall–Kier alpha value is -3.27. The van der Waals surface area contributed by atoms with E-state index in [0.29, 0.717) is 25.5 Å². The molecule has 0 aliphatic heterocycles. The van der Waals surface area contributed by atoms with Crippen LogP contribution in [0, 0.1) is 5.92 Å². The second kappa shape index (κ2) is 15.6. The first kappa shape index (κ1) is 29.8. The lowest BCUT2D eigenvalue weighted by Gasteiger charge is -2.27. The first-order chi connectivity index (χ1) is 16.6. The van der Waals surface area contributed by atoms with Crippen molar-refractivity contribution in [1.29, 1.82) is 0 Å². The lowest BCUT2D eigenvalue weighted by atomic mass is 10.0. The number of amides is 3. The van der Waals surface area contributed by atoms with Crippen LogP contribution in [-0.2, 0) is 30.4 Å². The van der Waals surface area contributed by atoms with Crippen LogP contribution >= 0.6 is 0 Å². The van der Waals surface area contributed by atoms with Crippen molar-refractivity contribution >= 4 is 30.0 Å². The second-order valence-corrected chi connectivity index (χ2v) is 8.91. The molecule has 35 heavy (non-hydrogen) atoms. The number of carboxylic acids is 1. The summed E-state index contributed by atoms with van der Waals surface area (Å²) in [6.07, 6.45) is 2.40. The van der Waals surface area contributed by atoms with Crippen LogP contribution < -0.4 is 21.7 Å². The van der Waals surface area contributed by atoms with Gasteiger partial charge in [-0.1, -0.05) is 63.9 Å². The van der Waals surface area contributed by atoms with Crippen LogP contribution in [0.2, 0.25) is 0 Å². The minimum absolute atomic E-state index is 0.0607. The fraction of sp³-hybridized carbons (Fsp3) is 0.560. The molecular formula is C25H38N4O6. The van der Waals surface area contributed by atoms with Crippen LogP contribution in [0.4, 0.5) is 0 Å². The average molecular weight is 491 g/mol. The van der Waals surface area contributed by atoms with E-state index in [4.69, 9.17) is 10.8 Å². The summed E-state index contributed by atoms with van der Waals surface area (Å²) in [6.45, 7) is 5.46. The van der Waals surface area contributed by atoms with Gasteiger partial charge in [-0.05, 0) is 30.7 Å². The van der Waals surface area contributed by atoms with Crippen LogP contribution in [0.1, 0.15) is 58.4 Å². The molecule has 10 heteroatoms. The van der Waals surface area contributed by atoms with Gasteiger partial charge in [0.25, 0.3) is 0 Å². The normalized spacial score (nSPS) is 14.3. The molecule has 1 aromatic carbocycles. The zero-order valence-corrected chi connectivity index (χ0v) is 20.7. The lowest BCUT2D eigenvalue weighted by molar-refractivity contribution is -0.137. The van der Waals surface area contributed by atoms with E-state index in [2.05, 4.69) is 16.0 Å². The number of nitrogens with one attached hydrogen (secondary N) is 3. The number of carbonyl (C=O) groups is 5. The molecule has 4 atom stereocenters. The van der Waals surface area contributed by atoms with Crippen molar-refractivity contribution in [2.24, 2.45) is 11.7 Å². The quantitative estimate of drug-likeness (QED) is 0.215. The summed E-state index contributed by atoms with van der Waals surface area (Å²) in [6, 6.07) is 5.56. The first-order valence-electron chi connectivity index (χ1n) is 12.0. The fourth-order valence-electron chi connectivity index (χ4n) is 3.43. The molecule has 0 aromatic heterocycles. The number of aliphatic carboxylic acids is 1. The summed E-state index contributed by atoms with van der Waals surface area (Å²) in [4.78, 5) is 60.7. The van der Waals surface area contributed by atoms with Crippen LogP contribution in [-0.4, -0.2) is 59.3 Å². The van der Waals surface area contributed by atoms with Gasteiger partial charge in [-0.3, -0.25) is 19.2 Å². The molecule has 1 rings (SSSR count). The Morgan fingerprint density at radius 1 is 0.971 bits per heavy atom. The molecule has 0 saturated heterocycles. The molecule has 10 nitrogen and oxygen atoms in total. The topological polar surface area (TPSA) is 168 Å². The van der Waals surface area contributed by atoms with Gasteiger partial charge in [-0.25, -0.2) is 0 Å². The molecule has 6 N–H and O–H groups in total. The number of hydrogen-bond acceptors (Lipinski definition) is 6. The Labute approximate surface area is 206 Å². The second-order valence-electron chi connectivity index (χ2n) is 8.91. The molecule has 0 aliphatic rings. The molecule has 0 radical (unpaired) electrons. The van der Waals surface area contributed by atoms with Crippen molar-refractivity contribution < 1.29 is 29.1 Å². The molecule has 0 unspecified atom stereocenters. The molecule has 1 aromatic rings. The maximum absolute atomic E-state index is 13.0. The molecule has 194 valence electrons. The molecule has 3 amide bonds. The highest BCUT2D eigenvalue weighted by molar-refractivity contribution is 5.93. The number of nitrogens with two attached hydrogens (primary N) is 1. The number of unbranched alkanes of at least 4 members (excludes halogenated alkanes) is 1. The van der Waals surface area contributed by atoms with E-state index >= 15 is 0 Å². The third-order valence-corrected chi connectivity index (χ3v) is 5.52. The molecule has 0 spiro atoms. The summed E-state index contributed by atoms with van der Waals surface area (Å²) in [7, 11) is 0. The molecule has 0 heterocycles. The first-order valence-corrected chi connectivity index (χ1v) is 12.0. The van der Waals surface area contributed by atoms with E-state index in [1.165, 1.54) is 0 Å². The van der Waals surface area contributed by atoms with Gasteiger partial charge in [0.15, 0.2) is 0 Å². The Kier molecular flexibility index (Phi) is 13.3. The van der Waals surface area contributed by atoms with Crippen molar-refractivity contribution in [3.8, 4) is 0 Å². The molecular weight excluding hydrogens is 452 g/mol. The largest absolute Gasteiger partial charge is 0.481 e. The molecule has 0 aliphatic carbocycles. The van der Waals surface area contributed by atoms with Crippen molar-refractivity contribution in [3.05, 3.63) is 35.9 Å². The Bertz CT molecular complexity index is 846. The van der Waals surface area contributed by atoms with Gasteiger partial charge in [0, 0.05) is 6.42 Å². The van der Waals surface area contributed by atoms with E-state index in [9.17, 15) is 24.0 Å². The SMILES string of the molecule is CCCC[C@H](NC(=O)[C@@H](N)CCC(=O)O)C(=O)N[C@H](C(=O)N[C@H](C=O)Cc1ccccc1)C(C)C. The van der Waals surface area contributed by atoms with Crippen molar-refractivity contribution in [2.45, 2.75) is 83.5 Å². The van der Waals surface area contributed by atoms with Gasteiger partial charge < -0.3 is 31.6 Å². The van der Waals surface area contributed by atoms with Gasteiger partial charge >= 0.3 is 5.97 Å². The average Bonchev–Trinajstić information content (AvgIpc) is 2.82. The van der Waals surface area contributed by atoms with E-state index < -0.39 is 47.9 Å². The van der Waals surface area contributed by atoms with Crippen LogP contribution in [0.25, 0.3) is 0 Å². The Morgan fingerprint density at radius 3 is 2.17 bits per heavy atom. The highest BCUT2D eigenvalue weighted by Gasteiger charge is 2.30. The predicted molar refractivity (Wildman–Crippen MR) is 131 cm³/mol. The zero-order chi connectivity index (χ0) is 26.4. The monoisotopic (exact) mass is 490 g/mol. The fourth-order valence-corrected chi connectivity index (χ4v) is 3.43. The lowest BCUT2D eigenvalue weighted by Crippen LogP contribution is -2.58. The van der Waals surface area contributed by atoms with Gasteiger partial charge in [0.1, 0.15) is 18.4 Å². The van der Waals surface area contributed by atoms with Gasteiger partial charge in [-0.2, -0.15) is 0 Å². The van der Waals surface area contributed by atoms with Crippen molar-refractivity contribution in [2.75, 3.05) is 0 Å². The highest BCUT2D eigenvalue weighted by atomic mass is 16.4. The van der Waals surface area contributed by atoms with Gasteiger partial charge in [-0.15, -0.1) is 0 Å². The number of rotatable bonds is 16. The van der Waals surface area contributed by atoms with E-state index in [-0.39, 0.29) is 18.8 Å². The van der Waals surface area contributed by atoms with Crippen molar-refractivity contribution in [3.63, 3.8) is 0 Å². The predicted octanol–water partition coefficient (Wildman–Crippen LogP) is 0.921. The molecule has 0 saturated carbocycles. The van der Waals surface area contributed by atoms with Crippen LogP contribution in [0.5, 0.6) is 0 Å². The van der Waals surface area contributed by atoms with Crippen LogP contribution in [0.15, 0.2) is 30.3 Å². The summed E-state index contributed by atoms with van der Waals surface area (Å²) >= 11 is 0. The summed E-state index contributed by atoms with van der Waals surface area (Å²) in [5.41, 5.74) is 6.66. The Balaban J connectivity index is 2.85. The minimum Gasteiger partial charge on any atom is -0.481 e. The highest BCUT2D eigenvalue weighted by Crippen LogP contribution is 2.08. The van der Waals surface area contributed by atoms with E-state index in [1.54, 1.807) is 13.8 Å². The number of carbonyl (C=O) groups excluding carboxylic acids is 4. The Morgan fingerprint density at radius 2 is 1.63 bits per heavy atom. The smallest absolute Gasteiger partial charge is 0.303 e. The number of carboxylic acid groups (broad SMARTS) is 1. The maximum Gasteiger partial charge on any atom is 0.303 e. The van der Waals surface area contributed by atoms with E-state index in [1.807, 2.05) is 37.3 Å². The maximum atomic E-state index is 13.0. The number of hydrogen-bond donors (Lipinski definition) is 5. The number of benzene rings is 1. The van der Waals surface area contributed by atoms with Crippen molar-refractivity contribution in [1.82, 2.24) is 16.0 Å². The van der Waals surface area contributed by atoms with Gasteiger partial charge in [0.2, 0.25) is 17.7 Å².